The van der Waals surface area contributed by atoms with Crippen LogP contribution in [0.1, 0.15) is 12.2 Å². The number of hydrogen-bond donors (Lipinski definition) is 2. The van der Waals surface area contributed by atoms with Gasteiger partial charge in [0.2, 0.25) is 0 Å². The zero-order chi connectivity index (χ0) is 20.0. The summed E-state index contributed by atoms with van der Waals surface area (Å²) in [6.45, 7) is 0.802. The van der Waals surface area contributed by atoms with Crippen LogP contribution in [0.2, 0.25) is 0 Å². The van der Waals surface area contributed by atoms with Crippen molar-refractivity contribution in [1.82, 2.24) is 14.9 Å². The predicted molar refractivity (Wildman–Crippen MR) is 101 cm³/mol. The van der Waals surface area contributed by atoms with Crippen molar-refractivity contribution in [2.45, 2.75) is 23.3 Å². The smallest absolute Gasteiger partial charge is 0.309 e. The summed E-state index contributed by atoms with van der Waals surface area (Å²) in [5.41, 5.74) is 0. The Balaban J connectivity index is 1.51. The lowest BCUT2D eigenvalue weighted by Gasteiger charge is -2.34. The Morgan fingerprint density at radius 3 is 2.75 bits per heavy atom. The average Bonchev–Trinajstić information content (AvgIpc) is 3.40. The first-order chi connectivity index (χ1) is 13.5. The number of ether oxygens (including phenoxy) is 1. The van der Waals surface area contributed by atoms with E-state index in [0.29, 0.717) is 25.2 Å². The Kier molecular flexibility index (Phi) is 6.83. The van der Waals surface area contributed by atoms with E-state index in [4.69, 9.17) is 9.15 Å². The number of furan rings is 1. The normalized spacial score (nSPS) is 17.9. The Morgan fingerprint density at radius 1 is 1.21 bits per heavy atom. The maximum atomic E-state index is 12.7. The number of nitrogens with one attached hydrogen (secondary N) is 2. The Hall–Kier alpha value is -2.21. The lowest BCUT2D eigenvalue weighted by molar-refractivity contribution is -0.140. The van der Waals surface area contributed by atoms with Crippen LogP contribution in [0, 0.1) is 0 Å². The molecule has 0 aliphatic carbocycles. The van der Waals surface area contributed by atoms with Crippen LogP contribution < -0.4 is 10.6 Å². The molecule has 152 valence electrons. The number of carbonyl (C=O) groups excluding carboxylic acids is 2. The van der Waals surface area contributed by atoms with Gasteiger partial charge in [-0.3, -0.25) is 9.59 Å². The fourth-order valence-electron chi connectivity index (χ4n) is 2.72. The quantitative estimate of drug-likeness (QED) is 0.623. The van der Waals surface area contributed by atoms with E-state index in [9.17, 15) is 18.0 Å². The number of hydrogen-bond acceptors (Lipinski definition) is 7. The van der Waals surface area contributed by atoms with E-state index in [2.05, 4.69) is 10.6 Å². The third-order valence-corrected chi connectivity index (χ3v) is 7.35. The first kappa shape index (κ1) is 20.5. The molecule has 1 atom stereocenters. The van der Waals surface area contributed by atoms with Crippen molar-refractivity contribution in [2.75, 3.05) is 26.2 Å². The van der Waals surface area contributed by atoms with E-state index >= 15 is 0 Å². The molecule has 0 saturated carbocycles. The van der Waals surface area contributed by atoms with Crippen molar-refractivity contribution in [2.24, 2.45) is 0 Å². The van der Waals surface area contributed by atoms with Crippen molar-refractivity contribution in [3.05, 3.63) is 41.7 Å². The molecule has 2 aromatic heterocycles. The van der Waals surface area contributed by atoms with Gasteiger partial charge in [0.05, 0.1) is 19.4 Å². The van der Waals surface area contributed by atoms with Gasteiger partial charge < -0.3 is 19.8 Å². The Labute approximate surface area is 166 Å². The van der Waals surface area contributed by atoms with Gasteiger partial charge in [-0.2, -0.15) is 4.31 Å². The molecule has 2 N–H and O–H groups in total. The van der Waals surface area contributed by atoms with E-state index in [1.165, 1.54) is 16.6 Å². The summed E-state index contributed by atoms with van der Waals surface area (Å²) < 4.78 is 37.6. The van der Waals surface area contributed by atoms with Crippen LogP contribution in [-0.2, 0) is 30.8 Å². The highest BCUT2D eigenvalue weighted by molar-refractivity contribution is 7.91. The number of sulfonamides is 1. The minimum absolute atomic E-state index is 0.116. The lowest BCUT2D eigenvalue weighted by atomic mass is 10.3. The Bertz CT molecular complexity index is 880. The topological polar surface area (TPSA) is 118 Å². The van der Waals surface area contributed by atoms with Crippen molar-refractivity contribution in [3.8, 4) is 0 Å². The van der Waals surface area contributed by atoms with Crippen LogP contribution in [0.4, 0.5) is 0 Å². The molecule has 0 bridgehead atoms. The summed E-state index contributed by atoms with van der Waals surface area (Å²) in [4.78, 5) is 23.9. The van der Waals surface area contributed by atoms with Crippen molar-refractivity contribution in [3.63, 3.8) is 0 Å². The molecule has 1 aliphatic rings. The van der Waals surface area contributed by atoms with Gasteiger partial charge in [-0.1, -0.05) is 6.07 Å². The van der Waals surface area contributed by atoms with Crippen LogP contribution in [0.5, 0.6) is 0 Å². The molecule has 9 nitrogen and oxygen atoms in total. The fraction of sp³-hybridized carbons (Fsp3) is 0.412. The van der Waals surface area contributed by atoms with E-state index in [0.717, 1.165) is 11.3 Å². The van der Waals surface area contributed by atoms with Crippen LogP contribution in [0.15, 0.2) is 44.5 Å². The number of nitrogens with zero attached hydrogens (tertiary/aromatic N) is 1. The molecule has 3 rings (SSSR count). The maximum absolute atomic E-state index is 12.7. The molecule has 3 heterocycles. The van der Waals surface area contributed by atoms with Crippen LogP contribution in [0.25, 0.3) is 0 Å². The Morgan fingerprint density at radius 2 is 2.04 bits per heavy atom. The highest BCUT2D eigenvalue weighted by Crippen LogP contribution is 2.25. The van der Waals surface area contributed by atoms with Gasteiger partial charge in [0.1, 0.15) is 16.2 Å². The van der Waals surface area contributed by atoms with E-state index in [1.54, 1.807) is 23.6 Å². The monoisotopic (exact) mass is 427 g/mol. The SMILES string of the molecule is O=C(NCCc1ccco1)C(=O)NC[C@@H]1OCCCN1S(=O)(=O)c1cccs1. The lowest BCUT2D eigenvalue weighted by Crippen LogP contribution is -2.53. The summed E-state index contributed by atoms with van der Waals surface area (Å²) in [6.07, 6.45) is 1.69. The average molecular weight is 428 g/mol. The van der Waals surface area contributed by atoms with E-state index in [1.807, 2.05) is 0 Å². The number of carbonyl (C=O) groups is 2. The van der Waals surface area contributed by atoms with Crippen molar-refractivity contribution >= 4 is 33.2 Å². The van der Waals surface area contributed by atoms with Crippen LogP contribution >= 0.6 is 11.3 Å². The van der Waals surface area contributed by atoms with E-state index < -0.39 is 28.1 Å². The van der Waals surface area contributed by atoms with Crippen molar-refractivity contribution < 1.29 is 27.2 Å². The predicted octanol–water partition coefficient (Wildman–Crippen LogP) is 0.553. The minimum Gasteiger partial charge on any atom is -0.469 e. The highest BCUT2D eigenvalue weighted by atomic mass is 32.2. The number of thiophene rings is 1. The molecular weight excluding hydrogens is 406 g/mol. The number of amides is 2. The largest absolute Gasteiger partial charge is 0.469 e. The first-order valence-corrected chi connectivity index (χ1v) is 11.1. The van der Waals surface area contributed by atoms with E-state index in [-0.39, 0.29) is 23.8 Å². The van der Waals surface area contributed by atoms with Gasteiger partial charge >= 0.3 is 11.8 Å². The zero-order valence-corrected chi connectivity index (χ0v) is 16.6. The van der Waals surface area contributed by atoms with Gasteiger partial charge in [0, 0.05) is 19.5 Å². The third kappa shape index (κ3) is 4.98. The molecular formula is C17H21N3O6S2. The molecule has 1 aliphatic heterocycles. The molecule has 11 heteroatoms. The molecule has 0 spiro atoms. The summed E-state index contributed by atoms with van der Waals surface area (Å²) >= 11 is 1.12. The fourth-order valence-corrected chi connectivity index (χ4v) is 5.41. The van der Waals surface area contributed by atoms with Gasteiger partial charge in [0.15, 0.2) is 0 Å². The minimum atomic E-state index is -3.71. The summed E-state index contributed by atoms with van der Waals surface area (Å²) in [6, 6.07) is 6.70. The molecule has 28 heavy (non-hydrogen) atoms. The second-order valence-electron chi connectivity index (χ2n) is 6.02. The highest BCUT2D eigenvalue weighted by Gasteiger charge is 2.35. The number of rotatable bonds is 7. The maximum Gasteiger partial charge on any atom is 0.309 e. The molecule has 2 aromatic rings. The third-order valence-electron chi connectivity index (χ3n) is 4.09. The molecule has 0 unspecified atom stereocenters. The standard InChI is InChI=1S/C17H21N3O6S2/c21-16(18-7-6-13-4-1-9-25-13)17(22)19-12-14-20(8-3-10-26-14)28(23,24)15-5-2-11-27-15/h1-2,4-5,9,11,14H,3,6-8,10,12H2,(H,18,21)(H,19,22)/t14-/m0/s1. The molecule has 2 amide bonds. The molecule has 1 saturated heterocycles. The van der Waals surface area contributed by atoms with Crippen molar-refractivity contribution in [1.29, 1.82) is 0 Å². The molecule has 0 radical (unpaired) electrons. The van der Waals surface area contributed by atoms with Crippen LogP contribution in [0.3, 0.4) is 0 Å². The summed E-state index contributed by atoms with van der Waals surface area (Å²) in [7, 11) is -3.71. The second-order valence-corrected chi connectivity index (χ2v) is 9.09. The van der Waals surface area contributed by atoms with Gasteiger partial charge in [-0.15, -0.1) is 11.3 Å². The first-order valence-electron chi connectivity index (χ1n) is 8.74. The van der Waals surface area contributed by atoms with Gasteiger partial charge in [-0.25, -0.2) is 8.42 Å². The van der Waals surface area contributed by atoms with Crippen LogP contribution in [-0.4, -0.2) is 57.0 Å². The zero-order valence-electron chi connectivity index (χ0n) is 15.0. The summed E-state index contributed by atoms with van der Waals surface area (Å²) in [5.74, 6) is -0.942. The second kappa shape index (κ2) is 9.32. The molecule has 1 fully saturated rings. The summed E-state index contributed by atoms with van der Waals surface area (Å²) in [5, 5.41) is 6.61. The molecule has 0 aromatic carbocycles. The van der Waals surface area contributed by atoms with Gasteiger partial charge in [-0.05, 0) is 30.0 Å². The van der Waals surface area contributed by atoms with Gasteiger partial charge in [0.25, 0.3) is 10.0 Å².